The molecule has 153 valence electrons. The van der Waals surface area contributed by atoms with Crippen molar-refractivity contribution in [2.24, 2.45) is 0 Å². The van der Waals surface area contributed by atoms with E-state index in [0.29, 0.717) is 0 Å². The summed E-state index contributed by atoms with van der Waals surface area (Å²) in [4.78, 5) is 19.8. The van der Waals surface area contributed by atoms with Gasteiger partial charge in [-0.05, 0) is 0 Å². The maximum absolute atomic E-state index is 11.3. The molecular weight excluding hydrogens is 446 g/mol. The summed E-state index contributed by atoms with van der Waals surface area (Å²) in [6.07, 6.45) is -2.76. The van der Waals surface area contributed by atoms with Gasteiger partial charge in [0.2, 0.25) is 11.6 Å². The second-order valence-corrected chi connectivity index (χ2v) is 16.4. The molecule has 0 aromatic rings. The zero-order valence-electron chi connectivity index (χ0n) is 15.2. The fourth-order valence-corrected chi connectivity index (χ4v) is 0.346. The minimum Gasteiger partial charge on any atom is -0.289 e. The van der Waals surface area contributed by atoms with Gasteiger partial charge in [-0.3, -0.25) is 9.59 Å². The zero-order chi connectivity index (χ0) is 21.3. The van der Waals surface area contributed by atoms with Gasteiger partial charge in [-0.2, -0.15) is 26.3 Å². The molecule has 0 aromatic heterocycles. The first-order chi connectivity index (χ1) is 10.7. The average Bonchev–Trinajstić information content (AvgIpc) is 2.36. The van der Waals surface area contributed by atoms with Crippen LogP contribution in [0.5, 0.6) is 0 Å². The fourth-order valence-electron chi connectivity index (χ4n) is 0.346. The summed E-state index contributed by atoms with van der Waals surface area (Å²) >= 11 is 0. The second kappa shape index (κ2) is 12.4. The van der Waals surface area contributed by atoms with Crippen LogP contribution in [0.1, 0.15) is 6.42 Å². The van der Waals surface area contributed by atoms with E-state index in [1.165, 1.54) is 0 Å². The quantitative estimate of drug-likeness (QED) is 0.257. The van der Waals surface area contributed by atoms with Gasteiger partial charge in [0.25, 0.3) is 0 Å². The normalized spacial score (nSPS) is 11.2. The Bertz CT molecular complexity index is 481. The monoisotopic (exact) mass is 467 g/mol. The number of terminal acetylenes is 2. The zero-order valence-corrected chi connectivity index (χ0v) is 18.2. The fraction of sp³-hybridized carbons (Fsp3) is 0.600. The van der Waals surface area contributed by atoms with Crippen molar-refractivity contribution in [2.45, 2.75) is 58.1 Å². The van der Waals surface area contributed by atoms with Crippen molar-refractivity contribution in [1.82, 2.24) is 0 Å². The summed E-state index contributed by atoms with van der Waals surface area (Å²) in [6, 6.07) is 0. The number of carbonyl (C=O) groups is 2. The molecule has 26 heavy (non-hydrogen) atoms. The maximum Gasteiger partial charge on any atom is 2.00 e. The molecule has 0 N–H and O–H groups in total. The van der Waals surface area contributed by atoms with E-state index < -0.39 is 46.5 Å². The Morgan fingerprint density at radius 3 is 0.962 bits per heavy atom. The summed E-state index contributed by atoms with van der Waals surface area (Å²) in [7, 11) is -2.21. The molecule has 0 saturated heterocycles. The summed E-state index contributed by atoms with van der Waals surface area (Å²) in [5, 5.41) is 0. The van der Waals surface area contributed by atoms with Crippen LogP contribution in [0.15, 0.2) is 0 Å². The SMILES string of the molecule is C#C[Si](C)(C)C.C#C[Si](C)(C)C.O=C(CC(=O)C(F)(F)F)C(F)(F)F.[Cu+2]. The Hall–Kier alpha value is -1.01. The van der Waals surface area contributed by atoms with E-state index >= 15 is 0 Å². The third-order valence-corrected chi connectivity index (χ3v) is 3.55. The van der Waals surface area contributed by atoms with Crippen LogP contribution in [-0.2, 0) is 26.7 Å². The first-order valence-electron chi connectivity index (χ1n) is 6.83. The molecule has 0 rings (SSSR count). The molecule has 0 saturated carbocycles. The Balaban J connectivity index is -0.000000157. The average molecular weight is 468 g/mol. The van der Waals surface area contributed by atoms with Crippen LogP contribution in [0.25, 0.3) is 0 Å². The third kappa shape index (κ3) is 25.2. The number of ketones is 2. The van der Waals surface area contributed by atoms with Gasteiger partial charge in [0.05, 0.1) is 6.42 Å². The Kier molecular flexibility index (Phi) is 15.6. The van der Waals surface area contributed by atoms with Crippen molar-refractivity contribution in [3.05, 3.63) is 0 Å². The van der Waals surface area contributed by atoms with Crippen LogP contribution >= 0.6 is 0 Å². The molecule has 0 aromatic carbocycles. The standard InChI is InChI=1S/C5H2F6O2.2C5H10Si.Cu/c6-4(7,8)2(12)1-3(13)5(9,10)11;2*1-5-6(2,3)4;/h1H2;2*1H,2-4H3;/q;;;+2. The third-order valence-electron chi connectivity index (χ3n) is 1.82. The molecule has 0 heterocycles. The summed E-state index contributed by atoms with van der Waals surface area (Å²) < 4.78 is 68.0. The smallest absolute Gasteiger partial charge is 0.289 e. The predicted molar refractivity (Wildman–Crippen MR) is 91.1 cm³/mol. The van der Waals surface area contributed by atoms with Crippen molar-refractivity contribution in [3.8, 4) is 23.9 Å². The van der Waals surface area contributed by atoms with E-state index in [2.05, 4.69) is 50.4 Å². The van der Waals surface area contributed by atoms with E-state index in [-0.39, 0.29) is 17.1 Å². The number of Topliss-reactive ketones (excluding diaryl/α,β-unsaturated/α-hetero) is 2. The van der Waals surface area contributed by atoms with Gasteiger partial charge in [0.1, 0.15) is 16.1 Å². The Morgan fingerprint density at radius 1 is 0.731 bits per heavy atom. The van der Waals surface area contributed by atoms with Crippen molar-refractivity contribution in [1.29, 1.82) is 0 Å². The van der Waals surface area contributed by atoms with Gasteiger partial charge in [0.15, 0.2) is 0 Å². The second-order valence-electron chi connectivity index (χ2n) is 6.81. The van der Waals surface area contributed by atoms with Crippen LogP contribution < -0.4 is 0 Å². The number of alkyl halides is 6. The van der Waals surface area contributed by atoms with Crippen LogP contribution in [-0.4, -0.2) is 40.1 Å². The van der Waals surface area contributed by atoms with Crippen LogP contribution in [0, 0.1) is 23.9 Å². The molecule has 0 amide bonds. The molecule has 0 atom stereocenters. The van der Waals surface area contributed by atoms with Crippen LogP contribution in [0.2, 0.25) is 39.3 Å². The van der Waals surface area contributed by atoms with Gasteiger partial charge in [-0.15, -0.1) is 23.9 Å². The van der Waals surface area contributed by atoms with Gasteiger partial charge in [-0.25, -0.2) is 0 Å². The molecule has 0 aliphatic heterocycles. The number of hydrogen-bond acceptors (Lipinski definition) is 2. The number of carbonyl (C=O) groups excluding carboxylic acids is 2. The molecule has 11 heteroatoms. The first kappa shape index (κ1) is 32.6. The predicted octanol–water partition coefficient (Wildman–Crippen LogP) is 4.63. The molecular formula is C15H22CuF6O2Si2+2. The van der Waals surface area contributed by atoms with E-state index in [1.54, 1.807) is 0 Å². The topological polar surface area (TPSA) is 34.1 Å². The van der Waals surface area contributed by atoms with E-state index in [1.807, 2.05) is 0 Å². The minimum atomic E-state index is -5.40. The van der Waals surface area contributed by atoms with E-state index in [9.17, 15) is 35.9 Å². The number of rotatable bonds is 2. The first-order valence-corrected chi connectivity index (χ1v) is 13.8. The van der Waals surface area contributed by atoms with Gasteiger partial charge in [-0.1, -0.05) is 39.3 Å². The Labute approximate surface area is 163 Å². The van der Waals surface area contributed by atoms with Gasteiger partial charge >= 0.3 is 29.4 Å². The number of hydrogen-bond donors (Lipinski definition) is 0. The van der Waals surface area contributed by atoms with Crippen LogP contribution in [0.4, 0.5) is 26.3 Å². The summed E-state index contributed by atoms with van der Waals surface area (Å²) in [5.74, 6) is -5.40. The summed E-state index contributed by atoms with van der Waals surface area (Å²) in [6.45, 7) is 12.9. The molecule has 0 bridgehead atoms. The van der Waals surface area contributed by atoms with E-state index in [0.717, 1.165) is 0 Å². The molecule has 0 aliphatic carbocycles. The molecule has 0 spiro atoms. The molecule has 1 radical (unpaired) electrons. The Morgan fingerprint density at radius 2 is 0.885 bits per heavy atom. The molecule has 0 fully saturated rings. The summed E-state index contributed by atoms with van der Waals surface area (Å²) in [5.41, 5.74) is 5.49. The van der Waals surface area contributed by atoms with Crippen molar-refractivity contribution < 1.29 is 53.0 Å². The molecule has 0 aliphatic rings. The van der Waals surface area contributed by atoms with Crippen molar-refractivity contribution in [2.75, 3.05) is 0 Å². The van der Waals surface area contributed by atoms with Crippen molar-refractivity contribution in [3.63, 3.8) is 0 Å². The number of halogens is 6. The molecule has 0 unspecified atom stereocenters. The maximum atomic E-state index is 11.3. The molecule has 2 nitrogen and oxygen atoms in total. The van der Waals surface area contributed by atoms with Gasteiger partial charge < -0.3 is 0 Å². The largest absolute Gasteiger partial charge is 2.00 e. The van der Waals surface area contributed by atoms with Gasteiger partial charge in [0, 0.05) is 0 Å². The van der Waals surface area contributed by atoms with Crippen LogP contribution in [0.3, 0.4) is 0 Å². The van der Waals surface area contributed by atoms with E-state index in [4.69, 9.17) is 12.8 Å². The minimum absolute atomic E-state index is 0. The van der Waals surface area contributed by atoms with Crippen molar-refractivity contribution >= 4 is 27.7 Å².